The minimum Gasteiger partial charge on any atom is -0.358 e. The van der Waals surface area contributed by atoms with Crippen LogP contribution in [0.2, 0.25) is 0 Å². The van der Waals surface area contributed by atoms with Gasteiger partial charge in [-0.15, -0.1) is 11.3 Å². The zero-order valence-electron chi connectivity index (χ0n) is 7.91. The predicted molar refractivity (Wildman–Crippen MR) is 53.7 cm³/mol. The molecule has 0 radical (unpaired) electrons. The van der Waals surface area contributed by atoms with E-state index in [-0.39, 0.29) is 6.10 Å². The summed E-state index contributed by atoms with van der Waals surface area (Å²) in [5.74, 6) is 0. The number of nitriles is 1. The zero-order valence-corrected chi connectivity index (χ0v) is 8.73. The number of aryl methyl sites for hydroxylation is 1. The van der Waals surface area contributed by atoms with Crippen LogP contribution in [0.15, 0.2) is 12.1 Å². The predicted octanol–water partition coefficient (Wildman–Crippen LogP) is 2.91. The second-order valence-electron chi connectivity index (χ2n) is 2.62. The molecule has 0 N–H and O–H groups in total. The third kappa shape index (κ3) is 2.55. The van der Waals surface area contributed by atoms with Crippen molar-refractivity contribution in [1.82, 2.24) is 0 Å². The number of thiophene rings is 1. The summed E-state index contributed by atoms with van der Waals surface area (Å²) in [5, 5.41) is 8.82. The van der Waals surface area contributed by atoms with E-state index in [0.717, 1.165) is 11.3 Å². The van der Waals surface area contributed by atoms with E-state index in [1.165, 1.54) is 4.88 Å². The summed E-state index contributed by atoms with van der Waals surface area (Å²) in [4.78, 5) is 2.32. The monoisotopic (exact) mass is 195 g/mol. The van der Waals surface area contributed by atoms with Crippen LogP contribution in [-0.2, 0) is 11.2 Å². The molecule has 0 aliphatic heterocycles. The first-order valence-corrected chi connectivity index (χ1v) is 5.23. The molecular formula is C10H13NOS. The zero-order chi connectivity index (χ0) is 9.68. The summed E-state index contributed by atoms with van der Waals surface area (Å²) >= 11 is 1.66. The molecule has 0 spiro atoms. The molecular weight excluding hydrogens is 182 g/mol. The molecule has 0 saturated carbocycles. The van der Waals surface area contributed by atoms with Crippen LogP contribution in [0.3, 0.4) is 0 Å². The van der Waals surface area contributed by atoms with Gasteiger partial charge in [0.05, 0.1) is 0 Å². The normalized spacial score (nSPS) is 12.4. The molecule has 1 unspecified atom stereocenters. The van der Waals surface area contributed by atoms with Crippen molar-refractivity contribution in [2.24, 2.45) is 0 Å². The van der Waals surface area contributed by atoms with Gasteiger partial charge < -0.3 is 4.74 Å². The maximum atomic E-state index is 8.82. The highest BCUT2D eigenvalue weighted by molar-refractivity contribution is 7.12. The standard InChI is InChI=1S/C10H13NOS/c1-3-8-5-6-10(13-8)9(7-11)12-4-2/h5-6,9H,3-4H2,1-2H3. The fourth-order valence-corrected chi connectivity index (χ4v) is 2.02. The lowest BCUT2D eigenvalue weighted by atomic mass is 10.3. The smallest absolute Gasteiger partial charge is 0.178 e. The average molecular weight is 195 g/mol. The van der Waals surface area contributed by atoms with Gasteiger partial charge in [-0.3, -0.25) is 0 Å². The van der Waals surface area contributed by atoms with Gasteiger partial charge in [-0.05, 0) is 25.5 Å². The molecule has 3 heteroatoms. The summed E-state index contributed by atoms with van der Waals surface area (Å²) in [6.07, 6.45) is 0.643. The number of rotatable bonds is 4. The SMILES string of the molecule is CCOC(C#N)c1ccc(CC)s1. The lowest BCUT2D eigenvalue weighted by molar-refractivity contribution is 0.104. The Morgan fingerprint density at radius 1 is 1.54 bits per heavy atom. The molecule has 0 aliphatic carbocycles. The quantitative estimate of drug-likeness (QED) is 0.740. The van der Waals surface area contributed by atoms with Gasteiger partial charge in [-0.1, -0.05) is 6.92 Å². The Kier molecular flexibility index (Phi) is 3.94. The molecule has 13 heavy (non-hydrogen) atoms. The van der Waals surface area contributed by atoms with Crippen LogP contribution in [0, 0.1) is 11.3 Å². The average Bonchev–Trinajstić information content (AvgIpc) is 2.62. The molecule has 1 aromatic rings. The largest absolute Gasteiger partial charge is 0.358 e. The lowest BCUT2D eigenvalue weighted by Gasteiger charge is -2.05. The molecule has 0 fully saturated rings. The summed E-state index contributed by atoms with van der Waals surface area (Å²) in [5.41, 5.74) is 0. The molecule has 0 aliphatic rings. The molecule has 1 heterocycles. The van der Waals surface area contributed by atoms with E-state index in [2.05, 4.69) is 19.1 Å². The summed E-state index contributed by atoms with van der Waals surface area (Å²) in [7, 11) is 0. The van der Waals surface area contributed by atoms with Gasteiger partial charge in [-0.25, -0.2) is 0 Å². The van der Waals surface area contributed by atoms with Crippen LogP contribution in [0.5, 0.6) is 0 Å². The highest BCUT2D eigenvalue weighted by Crippen LogP contribution is 2.25. The van der Waals surface area contributed by atoms with Gasteiger partial charge in [0.1, 0.15) is 6.07 Å². The Morgan fingerprint density at radius 2 is 2.31 bits per heavy atom. The summed E-state index contributed by atoms with van der Waals surface area (Å²) in [6.45, 7) is 4.59. The third-order valence-corrected chi connectivity index (χ3v) is 3.01. The second-order valence-corrected chi connectivity index (χ2v) is 3.82. The highest BCUT2D eigenvalue weighted by Gasteiger charge is 2.11. The Labute approximate surface area is 82.8 Å². The fraction of sp³-hybridized carbons (Fsp3) is 0.500. The maximum Gasteiger partial charge on any atom is 0.178 e. The molecule has 1 atom stereocenters. The van der Waals surface area contributed by atoms with Crippen LogP contribution in [-0.4, -0.2) is 6.61 Å². The first-order valence-electron chi connectivity index (χ1n) is 4.41. The Bertz CT molecular complexity index is 300. The number of hydrogen-bond acceptors (Lipinski definition) is 3. The Morgan fingerprint density at radius 3 is 2.77 bits per heavy atom. The molecule has 1 rings (SSSR count). The number of nitrogens with zero attached hydrogens (tertiary/aromatic N) is 1. The molecule has 2 nitrogen and oxygen atoms in total. The van der Waals surface area contributed by atoms with Crippen LogP contribution in [0.4, 0.5) is 0 Å². The van der Waals surface area contributed by atoms with Gasteiger partial charge in [0.25, 0.3) is 0 Å². The van der Waals surface area contributed by atoms with Crippen molar-refractivity contribution < 1.29 is 4.74 Å². The first kappa shape index (κ1) is 10.2. The highest BCUT2D eigenvalue weighted by atomic mass is 32.1. The van der Waals surface area contributed by atoms with Crippen molar-refractivity contribution in [2.45, 2.75) is 26.4 Å². The van der Waals surface area contributed by atoms with E-state index in [1.54, 1.807) is 11.3 Å². The molecule has 70 valence electrons. The van der Waals surface area contributed by atoms with Crippen LogP contribution in [0.1, 0.15) is 29.7 Å². The van der Waals surface area contributed by atoms with Crippen molar-refractivity contribution in [1.29, 1.82) is 5.26 Å². The van der Waals surface area contributed by atoms with Crippen molar-refractivity contribution >= 4 is 11.3 Å². The summed E-state index contributed by atoms with van der Waals surface area (Å²) in [6, 6.07) is 6.18. The van der Waals surface area contributed by atoms with E-state index < -0.39 is 0 Å². The maximum absolute atomic E-state index is 8.82. The van der Waals surface area contributed by atoms with Crippen LogP contribution >= 0.6 is 11.3 Å². The Hall–Kier alpha value is -0.850. The lowest BCUT2D eigenvalue weighted by Crippen LogP contribution is -1.98. The summed E-state index contributed by atoms with van der Waals surface area (Å²) < 4.78 is 5.28. The first-order chi connectivity index (χ1) is 6.31. The second kappa shape index (κ2) is 5.00. The molecule has 0 amide bonds. The third-order valence-electron chi connectivity index (χ3n) is 1.74. The van der Waals surface area contributed by atoms with Gasteiger partial charge in [0, 0.05) is 16.4 Å². The van der Waals surface area contributed by atoms with E-state index in [1.807, 2.05) is 13.0 Å². The number of hydrogen-bond donors (Lipinski definition) is 0. The van der Waals surface area contributed by atoms with Crippen molar-refractivity contribution in [3.05, 3.63) is 21.9 Å². The van der Waals surface area contributed by atoms with Gasteiger partial charge in [0.2, 0.25) is 0 Å². The van der Waals surface area contributed by atoms with E-state index >= 15 is 0 Å². The van der Waals surface area contributed by atoms with E-state index in [0.29, 0.717) is 6.61 Å². The van der Waals surface area contributed by atoms with Crippen molar-refractivity contribution in [2.75, 3.05) is 6.61 Å². The van der Waals surface area contributed by atoms with Gasteiger partial charge in [-0.2, -0.15) is 5.26 Å². The topological polar surface area (TPSA) is 33.0 Å². The minimum atomic E-state index is -0.379. The van der Waals surface area contributed by atoms with Crippen LogP contribution in [0.25, 0.3) is 0 Å². The van der Waals surface area contributed by atoms with Gasteiger partial charge >= 0.3 is 0 Å². The molecule has 0 aromatic carbocycles. The van der Waals surface area contributed by atoms with Crippen molar-refractivity contribution in [3.63, 3.8) is 0 Å². The number of ether oxygens (including phenoxy) is 1. The van der Waals surface area contributed by atoms with E-state index in [9.17, 15) is 0 Å². The molecule has 0 bridgehead atoms. The fourth-order valence-electron chi connectivity index (χ4n) is 1.08. The van der Waals surface area contributed by atoms with Crippen molar-refractivity contribution in [3.8, 4) is 6.07 Å². The Balaban J connectivity index is 2.74. The minimum absolute atomic E-state index is 0.379. The molecule has 0 saturated heterocycles. The van der Waals surface area contributed by atoms with Gasteiger partial charge in [0.15, 0.2) is 6.10 Å². The molecule has 1 aromatic heterocycles. The van der Waals surface area contributed by atoms with Crippen LogP contribution < -0.4 is 0 Å². The van der Waals surface area contributed by atoms with E-state index in [4.69, 9.17) is 10.00 Å².